The van der Waals surface area contributed by atoms with Gasteiger partial charge in [-0.25, -0.2) is 0 Å². The van der Waals surface area contributed by atoms with Crippen LogP contribution in [0.25, 0.3) is 0 Å². The maximum absolute atomic E-state index is 12.0. The molecule has 2 fully saturated rings. The number of piperidine rings is 1. The first-order chi connectivity index (χ1) is 8.13. The van der Waals surface area contributed by atoms with Crippen molar-refractivity contribution >= 4 is 17.7 Å². The van der Waals surface area contributed by atoms with E-state index in [1.807, 2.05) is 16.7 Å². The van der Waals surface area contributed by atoms with Crippen LogP contribution in [-0.4, -0.2) is 60.7 Å². The van der Waals surface area contributed by atoms with Crippen LogP contribution in [0, 0.1) is 0 Å². The predicted octanol–water partition coefficient (Wildman–Crippen LogP) is 0.719. The number of rotatable bonds is 4. The average molecular weight is 258 g/mol. The molecule has 0 unspecified atom stereocenters. The zero-order valence-electron chi connectivity index (χ0n) is 10.7. The molecule has 0 spiro atoms. The second-order valence-electron chi connectivity index (χ2n) is 5.16. The van der Waals surface area contributed by atoms with E-state index in [1.165, 1.54) is 0 Å². The lowest BCUT2D eigenvalue weighted by Crippen LogP contribution is -2.59. The Balaban J connectivity index is 1.69. The summed E-state index contributed by atoms with van der Waals surface area (Å²) in [4.78, 5) is 13.9. The fourth-order valence-corrected chi connectivity index (χ4v) is 2.93. The fraction of sp³-hybridized carbons (Fsp3) is 0.917. The van der Waals surface area contributed by atoms with Crippen molar-refractivity contribution in [2.24, 2.45) is 0 Å². The number of carbonyl (C=O) groups is 1. The van der Waals surface area contributed by atoms with Gasteiger partial charge in [0, 0.05) is 31.4 Å². The maximum atomic E-state index is 12.0. The lowest BCUT2D eigenvalue weighted by molar-refractivity contribution is -0.146. The number of ether oxygens (including phenoxy) is 1. The molecule has 98 valence electrons. The molecule has 2 heterocycles. The van der Waals surface area contributed by atoms with Crippen molar-refractivity contribution in [2.45, 2.75) is 30.6 Å². The van der Waals surface area contributed by atoms with Gasteiger partial charge >= 0.3 is 0 Å². The summed E-state index contributed by atoms with van der Waals surface area (Å²) in [5.41, 5.74) is -0.118. The van der Waals surface area contributed by atoms with Crippen LogP contribution in [0.2, 0.25) is 0 Å². The zero-order valence-corrected chi connectivity index (χ0v) is 11.5. The van der Waals surface area contributed by atoms with Crippen LogP contribution in [0.1, 0.15) is 19.8 Å². The first kappa shape index (κ1) is 13.2. The standard InChI is InChI=1S/C12H22N2O2S/c1-12(8-13-9-12)16-7-11(15)14-5-3-10(17-2)4-6-14/h10,13H,3-9H2,1-2H3. The largest absolute Gasteiger partial charge is 0.363 e. The first-order valence-corrected chi connectivity index (χ1v) is 7.57. The van der Waals surface area contributed by atoms with Crippen LogP contribution in [0.15, 0.2) is 0 Å². The summed E-state index contributed by atoms with van der Waals surface area (Å²) in [7, 11) is 0. The molecule has 0 atom stereocenters. The van der Waals surface area contributed by atoms with Crippen LogP contribution in [0.4, 0.5) is 0 Å². The van der Waals surface area contributed by atoms with Crippen molar-refractivity contribution in [3.63, 3.8) is 0 Å². The van der Waals surface area contributed by atoms with Crippen molar-refractivity contribution in [1.82, 2.24) is 10.2 Å². The summed E-state index contributed by atoms with van der Waals surface area (Å²) in [6.45, 7) is 5.79. The molecule has 0 aromatic heterocycles. The van der Waals surface area contributed by atoms with E-state index in [0.29, 0.717) is 0 Å². The van der Waals surface area contributed by atoms with Gasteiger partial charge in [-0.1, -0.05) is 0 Å². The highest BCUT2D eigenvalue weighted by atomic mass is 32.2. The summed E-state index contributed by atoms with van der Waals surface area (Å²) >= 11 is 1.91. The number of hydrogen-bond donors (Lipinski definition) is 1. The minimum Gasteiger partial charge on any atom is -0.363 e. The SMILES string of the molecule is CSC1CCN(C(=O)COC2(C)CNC2)CC1. The Morgan fingerprint density at radius 1 is 1.47 bits per heavy atom. The molecule has 5 heteroatoms. The van der Waals surface area contributed by atoms with Crippen molar-refractivity contribution in [3.05, 3.63) is 0 Å². The third-order valence-corrected chi connectivity index (χ3v) is 4.81. The van der Waals surface area contributed by atoms with Gasteiger partial charge in [-0.2, -0.15) is 11.8 Å². The molecule has 0 aliphatic carbocycles. The smallest absolute Gasteiger partial charge is 0.248 e. The van der Waals surface area contributed by atoms with Crippen LogP contribution in [0.5, 0.6) is 0 Å². The van der Waals surface area contributed by atoms with E-state index in [4.69, 9.17) is 4.74 Å². The van der Waals surface area contributed by atoms with Crippen molar-refractivity contribution in [3.8, 4) is 0 Å². The Morgan fingerprint density at radius 3 is 2.59 bits per heavy atom. The van der Waals surface area contributed by atoms with Gasteiger partial charge in [0.25, 0.3) is 0 Å². The fourth-order valence-electron chi connectivity index (χ4n) is 2.25. The lowest BCUT2D eigenvalue weighted by Gasteiger charge is -2.39. The van der Waals surface area contributed by atoms with Crippen molar-refractivity contribution in [1.29, 1.82) is 0 Å². The molecule has 2 rings (SSSR count). The van der Waals surface area contributed by atoms with E-state index in [-0.39, 0.29) is 18.1 Å². The van der Waals surface area contributed by atoms with Gasteiger partial charge in [-0.3, -0.25) is 4.79 Å². The molecule has 0 bridgehead atoms. The van der Waals surface area contributed by atoms with Gasteiger partial charge < -0.3 is 15.0 Å². The number of likely N-dealkylation sites (tertiary alicyclic amines) is 1. The van der Waals surface area contributed by atoms with Gasteiger partial charge in [0.15, 0.2) is 0 Å². The van der Waals surface area contributed by atoms with Gasteiger partial charge in [0.2, 0.25) is 5.91 Å². The highest BCUT2D eigenvalue weighted by Crippen LogP contribution is 2.21. The number of nitrogens with zero attached hydrogens (tertiary/aromatic N) is 1. The molecule has 0 radical (unpaired) electrons. The summed E-state index contributed by atoms with van der Waals surface area (Å²) in [5, 5.41) is 3.90. The lowest BCUT2D eigenvalue weighted by atomic mass is 10.0. The quantitative estimate of drug-likeness (QED) is 0.807. The van der Waals surface area contributed by atoms with E-state index in [1.54, 1.807) is 0 Å². The second-order valence-corrected chi connectivity index (χ2v) is 6.30. The molecule has 0 saturated carbocycles. The Bertz CT molecular complexity index is 274. The second kappa shape index (κ2) is 5.59. The first-order valence-electron chi connectivity index (χ1n) is 6.28. The molecular weight excluding hydrogens is 236 g/mol. The number of thioether (sulfide) groups is 1. The molecule has 1 amide bonds. The van der Waals surface area contributed by atoms with Gasteiger partial charge in [0.1, 0.15) is 6.61 Å². The minimum atomic E-state index is -0.118. The normalized spacial score (nSPS) is 24.5. The van der Waals surface area contributed by atoms with Gasteiger partial charge in [-0.15, -0.1) is 0 Å². The summed E-state index contributed by atoms with van der Waals surface area (Å²) in [6, 6.07) is 0. The molecule has 0 aromatic carbocycles. The molecule has 2 aliphatic heterocycles. The number of nitrogens with one attached hydrogen (secondary N) is 1. The summed E-state index contributed by atoms with van der Waals surface area (Å²) < 4.78 is 5.67. The van der Waals surface area contributed by atoms with Gasteiger partial charge in [0.05, 0.1) is 5.60 Å². The van der Waals surface area contributed by atoms with E-state index in [2.05, 4.69) is 18.5 Å². The third-order valence-electron chi connectivity index (χ3n) is 3.67. The predicted molar refractivity (Wildman–Crippen MR) is 70.3 cm³/mol. The Morgan fingerprint density at radius 2 is 2.12 bits per heavy atom. The molecule has 2 aliphatic rings. The maximum Gasteiger partial charge on any atom is 0.248 e. The van der Waals surface area contributed by atoms with Crippen LogP contribution in [-0.2, 0) is 9.53 Å². The average Bonchev–Trinajstić information content (AvgIpc) is 2.33. The number of carbonyl (C=O) groups excluding carboxylic acids is 1. The molecule has 4 nitrogen and oxygen atoms in total. The van der Waals surface area contributed by atoms with E-state index >= 15 is 0 Å². The van der Waals surface area contributed by atoms with E-state index in [9.17, 15) is 4.79 Å². The molecular formula is C12H22N2O2S. The summed E-state index contributed by atoms with van der Waals surface area (Å²) in [6.07, 6.45) is 4.38. The zero-order chi connectivity index (χ0) is 12.3. The van der Waals surface area contributed by atoms with Crippen molar-refractivity contribution < 1.29 is 9.53 Å². The third kappa shape index (κ3) is 3.36. The minimum absolute atomic E-state index is 0.118. The number of amides is 1. The van der Waals surface area contributed by atoms with E-state index in [0.717, 1.165) is 44.3 Å². The molecule has 0 aromatic rings. The van der Waals surface area contributed by atoms with Crippen LogP contribution >= 0.6 is 11.8 Å². The van der Waals surface area contributed by atoms with Crippen molar-refractivity contribution in [2.75, 3.05) is 39.0 Å². The molecule has 17 heavy (non-hydrogen) atoms. The Hall–Kier alpha value is -0.260. The Kier molecular flexibility index (Phi) is 4.33. The molecule has 2 saturated heterocycles. The van der Waals surface area contributed by atoms with E-state index < -0.39 is 0 Å². The van der Waals surface area contributed by atoms with Crippen LogP contribution < -0.4 is 5.32 Å². The topological polar surface area (TPSA) is 41.6 Å². The monoisotopic (exact) mass is 258 g/mol. The van der Waals surface area contributed by atoms with Crippen LogP contribution in [0.3, 0.4) is 0 Å². The molecule has 1 N–H and O–H groups in total. The van der Waals surface area contributed by atoms with Gasteiger partial charge in [-0.05, 0) is 26.0 Å². The highest BCUT2D eigenvalue weighted by molar-refractivity contribution is 7.99. The number of hydrogen-bond acceptors (Lipinski definition) is 4. The highest BCUT2D eigenvalue weighted by Gasteiger charge is 2.33. The summed E-state index contributed by atoms with van der Waals surface area (Å²) in [5.74, 6) is 0.151. The Labute approximate surface area is 107 Å².